The summed E-state index contributed by atoms with van der Waals surface area (Å²) in [6.45, 7) is 0. The predicted molar refractivity (Wildman–Crippen MR) is 87.7 cm³/mol. The van der Waals surface area contributed by atoms with Crippen molar-refractivity contribution in [2.75, 3.05) is 0 Å². The van der Waals surface area contributed by atoms with Gasteiger partial charge in [0.1, 0.15) is 5.54 Å². The number of hydrogen-bond acceptors (Lipinski definition) is 3. The molecule has 0 heterocycles. The highest BCUT2D eigenvalue weighted by Gasteiger charge is 2.43. The summed E-state index contributed by atoms with van der Waals surface area (Å²) in [5.41, 5.74) is -1.39. The van der Waals surface area contributed by atoms with Crippen LogP contribution in [0.2, 0.25) is 0 Å². The molecule has 2 aromatic carbocycles. The van der Waals surface area contributed by atoms with Crippen molar-refractivity contribution in [2.24, 2.45) is 0 Å². The summed E-state index contributed by atoms with van der Waals surface area (Å²) in [4.78, 5) is 11.8. The Hall–Kier alpha value is -1.92. The fourth-order valence-electron chi connectivity index (χ4n) is 3.26. The van der Waals surface area contributed by atoms with Crippen LogP contribution in [0.4, 0.5) is 0 Å². The van der Waals surface area contributed by atoms with Crippen molar-refractivity contribution in [3.63, 3.8) is 0 Å². The molecular weight excluding hydrogens is 314 g/mol. The number of benzene rings is 2. The molecule has 0 amide bonds. The Morgan fingerprint density at radius 1 is 1.00 bits per heavy atom. The smallest absolute Gasteiger partial charge is 0.324 e. The molecule has 1 aliphatic carbocycles. The zero-order valence-electron chi connectivity index (χ0n) is 12.7. The Morgan fingerprint density at radius 2 is 1.65 bits per heavy atom. The zero-order valence-corrected chi connectivity index (χ0v) is 13.5. The average molecular weight is 333 g/mol. The molecule has 0 aromatic heterocycles. The highest BCUT2D eigenvalue weighted by Crippen LogP contribution is 2.31. The van der Waals surface area contributed by atoms with Gasteiger partial charge in [0.2, 0.25) is 10.0 Å². The summed E-state index contributed by atoms with van der Waals surface area (Å²) in [6, 6.07) is 12.2. The van der Waals surface area contributed by atoms with Gasteiger partial charge in [0.25, 0.3) is 0 Å². The van der Waals surface area contributed by atoms with Gasteiger partial charge in [-0.25, -0.2) is 8.42 Å². The maximum atomic E-state index is 12.8. The second-order valence-corrected chi connectivity index (χ2v) is 7.68. The minimum absolute atomic E-state index is 0.127. The summed E-state index contributed by atoms with van der Waals surface area (Å²) in [5, 5.41) is 11.0. The van der Waals surface area contributed by atoms with Gasteiger partial charge in [0, 0.05) is 5.39 Å². The number of hydrogen-bond donors (Lipinski definition) is 2. The lowest BCUT2D eigenvalue weighted by Crippen LogP contribution is -2.55. The fraction of sp³-hybridized carbons (Fsp3) is 0.353. The van der Waals surface area contributed by atoms with E-state index in [1.54, 1.807) is 18.2 Å². The molecule has 2 N–H and O–H groups in total. The lowest BCUT2D eigenvalue weighted by Gasteiger charge is -2.33. The molecule has 6 heteroatoms. The molecule has 2 aromatic rings. The molecular formula is C17H19NO4S. The van der Waals surface area contributed by atoms with Crippen LogP contribution in [0.15, 0.2) is 47.4 Å². The third kappa shape index (κ3) is 2.96. The lowest BCUT2D eigenvalue weighted by molar-refractivity contribution is -0.145. The van der Waals surface area contributed by atoms with Crippen molar-refractivity contribution in [1.29, 1.82) is 0 Å². The highest BCUT2D eigenvalue weighted by molar-refractivity contribution is 7.89. The van der Waals surface area contributed by atoms with Crippen molar-refractivity contribution in [1.82, 2.24) is 4.72 Å². The normalized spacial score (nSPS) is 17.9. The van der Waals surface area contributed by atoms with Crippen LogP contribution in [0, 0.1) is 0 Å². The van der Waals surface area contributed by atoms with Gasteiger partial charge in [-0.1, -0.05) is 55.7 Å². The van der Waals surface area contributed by atoms with Crippen LogP contribution >= 0.6 is 0 Å². The molecule has 0 radical (unpaired) electrons. The standard InChI is InChI=1S/C17H19NO4S/c19-16(20)17(11-4-1-5-12-17)18-23(21,22)15-10-6-8-13-7-2-3-9-14(13)15/h2-3,6-10,18H,1,4-5,11-12H2,(H,19,20). The molecule has 0 unspecified atom stereocenters. The van der Waals surface area contributed by atoms with E-state index < -0.39 is 21.5 Å². The summed E-state index contributed by atoms with van der Waals surface area (Å²) in [7, 11) is -3.92. The largest absolute Gasteiger partial charge is 0.480 e. The van der Waals surface area contributed by atoms with Crippen molar-refractivity contribution < 1.29 is 18.3 Å². The van der Waals surface area contributed by atoms with Gasteiger partial charge in [-0.15, -0.1) is 0 Å². The molecule has 0 bridgehead atoms. The van der Waals surface area contributed by atoms with E-state index >= 15 is 0 Å². The first-order valence-electron chi connectivity index (χ1n) is 7.70. The topological polar surface area (TPSA) is 83.5 Å². The van der Waals surface area contributed by atoms with Crippen molar-refractivity contribution in [2.45, 2.75) is 42.5 Å². The van der Waals surface area contributed by atoms with Crippen LogP contribution in [-0.2, 0) is 14.8 Å². The monoisotopic (exact) mass is 333 g/mol. The quantitative estimate of drug-likeness (QED) is 0.901. The molecule has 0 atom stereocenters. The van der Waals surface area contributed by atoms with Crippen molar-refractivity contribution >= 4 is 26.8 Å². The Morgan fingerprint density at radius 3 is 2.35 bits per heavy atom. The number of nitrogens with one attached hydrogen (secondary N) is 1. The van der Waals surface area contributed by atoms with Crippen LogP contribution in [-0.4, -0.2) is 25.0 Å². The number of carboxylic acid groups (broad SMARTS) is 1. The minimum atomic E-state index is -3.92. The Kier molecular flexibility index (Phi) is 4.12. The lowest BCUT2D eigenvalue weighted by atomic mass is 9.83. The molecule has 5 nitrogen and oxygen atoms in total. The second-order valence-electron chi connectivity index (χ2n) is 6.03. The number of aliphatic carboxylic acids is 1. The predicted octanol–water partition coefficient (Wildman–Crippen LogP) is 2.91. The highest BCUT2D eigenvalue weighted by atomic mass is 32.2. The molecule has 3 rings (SSSR count). The first kappa shape index (κ1) is 16.0. The Balaban J connectivity index is 2.05. The molecule has 122 valence electrons. The Labute approximate surface area is 135 Å². The number of sulfonamides is 1. The van der Waals surface area contributed by atoms with E-state index in [-0.39, 0.29) is 4.90 Å². The second kappa shape index (κ2) is 5.94. The van der Waals surface area contributed by atoms with Gasteiger partial charge in [-0.3, -0.25) is 4.79 Å². The number of fused-ring (bicyclic) bond motifs is 1. The van der Waals surface area contributed by atoms with Crippen LogP contribution in [0.1, 0.15) is 32.1 Å². The van der Waals surface area contributed by atoms with Crippen LogP contribution in [0.25, 0.3) is 10.8 Å². The third-order valence-corrected chi connectivity index (χ3v) is 6.08. The van der Waals surface area contributed by atoms with E-state index in [4.69, 9.17) is 0 Å². The molecule has 1 fully saturated rings. The van der Waals surface area contributed by atoms with E-state index in [1.807, 2.05) is 18.2 Å². The van der Waals surface area contributed by atoms with Crippen LogP contribution < -0.4 is 4.72 Å². The third-order valence-electron chi connectivity index (χ3n) is 4.49. The van der Waals surface area contributed by atoms with Crippen LogP contribution in [0.5, 0.6) is 0 Å². The molecule has 0 saturated heterocycles. The van der Waals surface area contributed by atoms with Gasteiger partial charge in [0.15, 0.2) is 0 Å². The van der Waals surface area contributed by atoms with E-state index in [1.165, 1.54) is 6.07 Å². The number of carboxylic acids is 1. The SMILES string of the molecule is O=C(O)C1(NS(=O)(=O)c2cccc3ccccc23)CCCCC1. The van der Waals surface area contributed by atoms with Gasteiger partial charge >= 0.3 is 5.97 Å². The van der Waals surface area contributed by atoms with Gasteiger partial charge < -0.3 is 5.11 Å². The number of rotatable bonds is 4. The molecule has 1 aliphatic rings. The summed E-state index contributed by atoms with van der Waals surface area (Å²) < 4.78 is 28.2. The molecule has 0 aliphatic heterocycles. The summed E-state index contributed by atoms with van der Waals surface area (Å²) in [6.07, 6.45) is 3.01. The fourth-order valence-corrected chi connectivity index (χ4v) is 4.91. The molecule has 0 spiro atoms. The van der Waals surface area contributed by atoms with Crippen molar-refractivity contribution in [3.8, 4) is 0 Å². The van der Waals surface area contributed by atoms with Gasteiger partial charge in [0.05, 0.1) is 4.90 Å². The average Bonchev–Trinajstić information content (AvgIpc) is 2.54. The van der Waals surface area contributed by atoms with Gasteiger partial charge in [-0.2, -0.15) is 4.72 Å². The zero-order chi connectivity index (χ0) is 16.5. The van der Waals surface area contributed by atoms with E-state index in [0.717, 1.165) is 11.8 Å². The molecule has 23 heavy (non-hydrogen) atoms. The first-order valence-corrected chi connectivity index (χ1v) is 9.18. The first-order chi connectivity index (χ1) is 10.9. The molecule has 1 saturated carbocycles. The van der Waals surface area contributed by atoms with E-state index in [0.29, 0.717) is 31.1 Å². The minimum Gasteiger partial charge on any atom is -0.480 e. The Bertz CT molecular complexity index is 833. The van der Waals surface area contributed by atoms with Crippen molar-refractivity contribution in [3.05, 3.63) is 42.5 Å². The van der Waals surface area contributed by atoms with E-state index in [2.05, 4.69) is 4.72 Å². The summed E-state index contributed by atoms with van der Waals surface area (Å²) >= 11 is 0. The number of carbonyl (C=O) groups is 1. The van der Waals surface area contributed by atoms with Gasteiger partial charge in [-0.05, 0) is 24.3 Å². The summed E-state index contributed by atoms with van der Waals surface area (Å²) in [5.74, 6) is -1.10. The van der Waals surface area contributed by atoms with E-state index in [9.17, 15) is 18.3 Å². The maximum Gasteiger partial charge on any atom is 0.324 e. The maximum absolute atomic E-state index is 12.8. The van der Waals surface area contributed by atoms with Crippen LogP contribution in [0.3, 0.4) is 0 Å².